The van der Waals surface area contributed by atoms with Crippen molar-refractivity contribution >= 4 is 0 Å². The summed E-state index contributed by atoms with van der Waals surface area (Å²) in [5.74, 6) is 0.785. The second-order valence-electron chi connectivity index (χ2n) is 6.11. The van der Waals surface area contributed by atoms with E-state index in [0.29, 0.717) is 0 Å². The van der Waals surface area contributed by atoms with E-state index in [1.165, 1.54) is 11.1 Å². The molecule has 120 valence electrons. The molecule has 0 spiro atoms. The predicted octanol–water partition coefficient (Wildman–Crippen LogP) is 2.80. The third-order valence-corrected chi connectivity index (χ3v) is 4.46. The molecule has 3 aromatic rings. The Hall–Kier alpha value is -2.66. The monoisotopic (exact) mass is 317 g/mol. The van der Waals surface area contributed by atoms with Gasteiger partial charge in [-0.25, -0.2) is 9.97 Å². The molecule has 0 radical (unpaired) electrons. The molecule has 4 rings (SSSR count). The van der Waals surface area contributed by atoms with Crippen LogP contribution in [0.25, 0.3) is 11.4 Å². The molecule has 1 aliphatic heterocycles. The Balaban J connectivity index is 1.53. The first kappa shape index (κ1) is 14.9. The number of fused-ring (bicyclic) bond motifs is 1. The largest absolute Gasteiger partial charge is 0.294 e. The van der Waals surface area contributed by atoms with Crippen molar-refractivity contribution in [3.8, 4) is 11.4 Å². The molecule has 1 aliphatic rings. The first-order chi connectivity index (χ1) is 11.8. The summed E-state index contributed by atoms with van der Waals surface area (Å²) >= 11 is 0. The zero-order valence-electron chi connectivity index (χ0n) is 13.7. The third kappa shape index (κ3) is 3.03. The maximum atomic E-state index is 4.76. The fourth-order valence-corrected chi connectivity index (χ4v) is 3.08. The van der Waals surface area contributed by atoms with Gasteiger partial charge in [0.1, 0.15) is 0 Å². The van der Waals surface area contributed by atoms with Crippen LogP contribution in [0.3, 0.4) is 0 Å². The average molecular weight is 317 g/mol. The fourth-order valence-electron chi connectivity index (χ4n) is 3.08. The molecule has 4 heterocycles. The number of aromatic nitrogens is 4. The van der Waals surface area contributed by atoms with Gasteiger partial charge in [0.05, 0.1) is 5.69 Å². The minimum atomic E-state index is 0.785. The Morgan fingerprint density at radius 1 is 1.08 bits per heavy atom. The highest BCUT2D eigenvalue weighted by molar-refractivity contribution is 5.54. The van der Waals surface area contributed by atoms with Crippen molar-refractivity contribution in [3.63, 3.8) is 0 Å². The first-order valence-corrected chi connectivity index (χ1v) is 8.17. The van der Waals surface area contributed by atoms with E-state index >= 15 is 0 Å². The van der Waals surface area contributed by atoms with Crippen molar-refractivity contribution in [2.75, 3.05) is 6.54 Å². The Morgan fingerprint density at radius 3 is 2.79 bits per heavy atom. The van der Waals surface area contributed by atoms with Crippen molar-refractivity contribution in [1.29, 1.82) is 0 Å². The van der Waals surface area contributed by atoms with Gasteiger partial charge >= 0.3 is 0 Å². The van der Waals surface area contributed by atoms with Crippen molar-refractivity contribution in [2.24, 2.45) is 0 Å². The summed E-state index contributed by atoms with van der Waals surface area (Å²) < 4.78 is 0. The minimum absolute atomic E-state index is 0.785. The molecule has 5 heteroatoms. The predicted molar refractivity (Wildman–Crippen MR) is 92.1 cm³/mol. The molecule has 0 atom stereocenters. The lowest BCUT2D eigenvalue weighted by Crippen LogP contribution is -2.31. The molecule has 3 aromatic heterocycles. The summed E-state index contributed by atoms with van der Waals surface area (Å²) in [6.45, 7) is 4.89. The topological polar surface area (TPSA) is 54.8 Å². The molecule has 0 N–H and O–H groups in total. The van der Waals surface area contributed by atoms with E-state index in [-0.39, 0.29) is 0 Å². The highest BCUT2D eigenvalue weighted by atomic mass is 15.1. The molecule has 0 saturated heterocycles. The van der Waals surface area contributed by atoms with Gasteiger partial charge in [0.15, 0.2) is 5.82 Å². The van der Waals surface area contributed by atoms with Crippen LogP contribution in [0.2, 0.25) is 0 Å². The lowest BCUT2D eigenvalue weighted by Gasteiger charge is -2.28. The molecule has 0 saturated carbocycles. The molecule has 0 aliphatic carbocycles. The van der Waals surface area contributed by atoms with E-state index in [0.717, 1.165) is 48.8 Å². The molecule has 0 aromatic carbocycles. The summed E-state index contributed by atoms with van der Waals surface area (Å²) in [5, 5.41) is 0. The van der Waals surface area contributed by atoms with Gasteiger partial charge in [0.25, 0.3) is 0 Å². The lowest BCUT2D eigenvalue weighted by molar-refractivity contribution is 0.242. The van der Waals surface area contributed by atoms with Crippen LogP contribution in [0.1, 0.15) is 22.5 Å². The Labute approximate surface area is 141 Å². The van der Waals surface area contributed by atoms with Gasteiger partial charge in [0, 0.05) is 67.7 Å². The smallest absolute Gasteiger partial charge is 0.159 e. The molecule has 0 amide bonds. The van der Waals surface area contributed by atoms with Gasteiger partial charge in [0.2, 0.25) is 0 Å². The first-order valence-electron chi connectivity index (χ1n) is 8.17. The number of hydrogen-bond donors (Lipinski definition) is 0. The van der Waals surface area contributed by atoms with E-state index in [1.807, 2.05) is 30.6 Å². The zero-order valence-corrected chi connectivity index (χ0v) is 13.7. The van der Waals surface area contributed by atoms with Crippen LogP contribution < -0.4 is 0 Å². The Bertz CT molecular complexity index is 847. The fraction of sp³-hybridized carbons (Fsp3) is 0.263. The molecule has 0 unspecified atom stereocenters. The van der Waals surface area contributed by atoms with Crippen LogP contribution in [0, 0.1) is 6.92 Å². The maximum absolute atomic E-state index is 4.76. The highest BCUT2D eigenvalue weighted by Gasteiger charge is 2.19. The van der Waals surface area contributed by atoms with Crippen molar-refractivity contribution in [2.45, 2.75) is 26.4 Å². The van der Waals surface area contributed by atoms with E-state index in [4.69, 9.17) is 4.98 Å². The van der Waals surface area contributed by atoms with Crippen LogP contribution in [0.5, 0.6) is 0 Å². The summed E-state index contributed by atoms with van der Waals surface area (Å²) in [6, 6.07) is 8.05. The quantitative estimate of drug-likeness (QED) is 0.743. The molecular formula is C19H19N5. The molecule has 0 fully saturated rings. The second kappa shape index (κ2) is 6.45. The second-order valence-corrected chi connectivity index (χ2v) is 6.11. The average Bonchev–Trinajstić information content (AvgIpc) is 2.64. The number of aryl methyl sites for hydroxylation is 1. The van der Waals surface area contributed by atoms with Crippen LogP contribution in [0.15, 0.2) is 49.1 Å². The van der Waals surface area contributed by atoms with Gasteiger partial charge in [-0.15, -0.1) is 0 Å². The zero-order chi connectivity index (χ0) is 16.4. The highest BCUT2D eigenvalue weighted by Crippen LogP contribution is 2.22. The number of nitrogens with zero attached hydrogens (tertiary/aromatic N) is 5. The summed E-state index contributed by atoms with van der Waals surface area (Å²) in [7, 11) is 0. The van der Waals surface area contributed by atoms with E-state index in [2.05, 4.69) is 32.8 Å². The number of rotatable bonds is 3. The standard InChI is InChI=1S/C19H19N5/c1-14-16(3-2-7-21-14)12-24-10-6-18-17(13-24)11-22-19(23-18)15-4-8-20-9-5-15/h2-5,7-9,11H,6,10,12-13H2,1H3. The van der Waals surface area contributed by atoms with Gasteiger partial charge in [-0.3, -0.25) is 14.9 Å². The Morgan fingerprint density at radius 2 is 1.96 bits per heavy atom. The minimum Gasteiger partial charge on any atom is -0.294 e. The maximum Gasteiger partial charge on any atom is 0.159 e. The third-order valence-electron chi connectivity index (χ3n) is 4.46. The van der Waals surface area contributed by atoms with Gasteiger partial charge in [-0.05, 0) is 30.7 Å². The molecule has 0 bridgehead atoms. The molecule has 24 heavy (non-hydrogen) atoms. The summed E-state index contributed by atoms with van der Waals surface area (Å²) in [6.07, 6.45) is 8.32. The van der Waals surface area contributed by atoms with Gasteiger partial charge in [-0.2, -0.15) is 0 Å². The van der Waals surface area contributed by atoms with Crippen LogP contribution in [-0.2, 0) is 19.5 Å². The van der Waals surface area contributed by atoms with Gasteiger partial charge < -0.3 is 0 Å². The van der Waals surface area contributed by atoms with Crippen LogP contribution in [0.4, 0.5) is 0 Å². The number of pyridine rings is 2. The lowest BCUT2D eigenvalue weighted by atomic mass is 10.1. The number of hydrogen-bond acceptors (Lipinski definition) is 5. The summed E-state index contributed by atoms with van der Waals surface area (Å²) in [4.78, 5) is 20.2. The van der Waals surface area contributed by atoms with E-state index in [9.17, 15) is 0 Å². The van der Waals surface area contributed by atoms with Gasteiger partial charge in [-0.1, -0.05) is 6.07 Å². The van der Waals surface area contributed by atoms with E-state index in [1.54, 1.807) is 12.4 Å². The Kier molecular flexibility index (Phi) is 4.01. The normalized spacial score (nSPS) is 14.4. The van der Waals surface area contributed by atoms with Crippen molar-refractivity contribution in [1.82, 2.24) is 24.8 Å². The van der Waals surface area contributed by atoms with Crippen molar-refractivity contribution in [3.05, 3.63) is 71.6 Å². The van der Waals surface area contributed by atoms with Crippen LogP contribution in [-0.4, -0.2) is 31.4 Å². The molecular weight excluding hydrogens is 298 g/mol. The SMILES string of the molecule is Cc1ncccc1CN1CCc2nc(-c3ccncc3)ncc2C1. The van der Waals surface area contributed by atoms with Crippen molar-refractivity contribution < 1.29 is 0 Å². The van der Waals surface area contributed by atoms with Crippen LogP contribution >= 0.6 is 0 Å². The van der Waals surface area contributed by atoms with E-state index < -0.39 is 0 Å². The molecule has 5 nitrogen and oxygen atoms in total. The summed E-state index contributed by atoms with van der Waals surface area (Å²) in [5.41, 5.74) is 5.79.